The van der Waals surface area contributed by atoms with Gasteiger partial charge in [0.2, 0.25) is 0 Å². The Bertz CT molecular complexity index is 480. The van der Waals surface area contributed by atoms with Crippen LogP contribution in [0.2, 0.25) is 0 Å². The summed E-state index contributed by atoms with van der Waals surface area (Å²) in [6, 6.07) is 2.01. The van der Waals surface area contributed by atoms with E-state index in [-0.39, 0.29) is 0 Å². The Balaban J connectivity index is 3.41. The predicted octanol–water partition coefficient (Wildman–Crippen LogP) is 1.18. The van der Waals surface area contributed by atoms with E-state index in [1.54, 1.807) is 0 Å². The van der Waals surface area contributed by atoms with Gasteiger partial charge in [-0.3, -0.25) is 0 Å². The molecule has 14 heavy (non-hydrogen) atoms. The van der Waals surface area contributed by atoms with E-state index in [9.17, 15) is 21.6 Å². The summed E-state index contributed by atoms with van der Waals surface area (Å²) in [6.45, 7) is 0. The molecule has 0 unspecified atom stereocenters. The number of nitrogens with zero attached hydrogens (tertiary/aromatic N) is 1. The van der Waals surface area contributed by atoms with Crippen LogP contribution in [0.4, 0.5) is 13.2 Å². The third-order valence-electron chi connectivity index (χ3n) is 1.41. The van der Waals surface area contributed by atoms with Gasteiger partial charge in [-0.15, -0.1) is 0 Å². The first-order chi connectivity index (χ1) is 6.30. The first-order valence-corrected chi connectivity index (χ1v) is 4.68. The highest BCUT2D eigenvalue weighted by Crippen LogP contribution is 2.31. The van der Waals surface area contributed by atoms with E-state index in [1.165, 1.54) is 6.07 Å². The van der Waals surface area contributed by atoms with Crippen molar-refractivity contribution in [2.45, 2.75) is 10.4 Å². The molecule has 1 rings (SSSR count). The number of H-pyrrole nitrogens is 1. The van der Waals surface area contributed by atoms with Gasteiger partial charge in [-0.2, -0.15) is 18.4 Å². The molecular formula is C6H3F3N2O2S. The van der Waals surface area contributed by atoms with Crippen molar-refractivity contribution in [3.8, 4) is 6.07 Å². The fourth-order valence-electron chi connectivity index (χ4n) is 0.791. The second-order valence-corrected chi connectivity index (χ2v) is 4.19. The summed E-state index contributed by atoms with van der Waals surface area (Å²) in [6.07, 6.45) is 0.956. The molecule has 1 N–H and O–H groups in total. The number of sulfone groups is 1. The van der Waals surface area contributed by atoms with Crippen molar-refractivity contribution in [3.63, 3.8) is 0 Å². The van der Waals surface area contributed by atoms with Crippen LogP contribution >= 0.6 is 0 Å². The number of hydrogen-bond donors (Lipinski definition) is 1. The lowest BCUT2D eigenvalue weighted by atomic mass is 10.5. The number of hydrogen-bond acceptors (Lipinski definition) is 3. The van der Waals surface area contributed by atoms with Crippen LogP contribution < -0.4 is 0 Å². The van der Waals surface area contributed by atoms with Crippen molar-refractivity contribution in [2.75, 3.05) is 0 Å². The number of rotatable bonds is 1. The van der Waals surface area contributed by atoms with E-state index in [0.29, 0.717) is 6.07 Å². The van der Waals surface area contributed by atoms with Crippen molar-refractivity contribution in [3.05, 3.63) is 18.0 Å². The largest absolute Gasteiger partial charge is 0.502 e. The van der Waals surface area contributed by atoms with Gasteiger partial charge in [0.25, 0.3) is 9.84 Å². The maximum absolute atomic E-state index is 12.0. The summed E-state index contributed by atoms with van der Waals surface area (Å²) >= 11 is 0. The van der Waals surface area contributed by atoms with Crippen LogP contribution in [0, 0.1) is 11.3 Å². The molecule has 0 radical (unpaired) electrons. The number of aromatic amines is 1. The Morgan fingerprint density at radius 3 is 2.43 bits per heavy atom. The zero-order valence-corrected chi connectivity index (χ0v) is 7.28. The first-order valence-electron chi connectivity index (χ1n) is 3.19. The molecule has 0 aliphatic carbocycles. The van der Waals surface area contributed by atoms with Gasteiger partial charge in [-0.25, -0.2) is 8.42 Å². The minimum atomic E-state index is -5.43. The maximum Gasteiger partial charge on any atom is 0.502 e. The van der Waals surface area contributed by atoms with E-state index in [4.69, 9.17) is 5.26 Å². The third-order valence-corrected chi connectivity index (χ3v) is 2.94. The van der Waals surface area contributed by atoms with Gasteiger partial charge < -0.3 is 4.98 Å². The van der Waals surface area contributed by atoms with Crippen molar-refractivity contribution >= 4 is 9.84 Å². The van der Waals surface area contributed by atoms with Gasteiger partial charge in [-0.05, 0) is 6.07 Å². The van der Waals surface area contributed by atoms with E-state index in [0.717, 1.165) is 6.20 Å². The number of aromatic nitrogens is 1. The normalized spacial score (nSPS) is 12.4. The minimum Gasteiger partial charge on any atom is -0.352 e. The second-order valence-electron chi connectivity index (χ2n) is 2.28. The van der Waals surface area contributed by atoms with E-state index < -0.39 is 25.9 Å². The average molecular weight is 224 g/mol. The van der Waals surface area contributed by atoms with Crippen LogP contribution in [-0.2, 0) is 9.84 Å². The summed E-state index contributed by atoms with van der Waals surface area (Å²) in [5.41, 5.74) is -6.01. The molecule has 0 spiro atoms. The molecule has 0 amide bonds. The fourth-order valence-corrected chi connectivity index (χ4v) is 1.66. The monoisotopic (exact) mass is 224 g/mol. The smallest absolute Gasteiger partial charge is 0.352 e. The van der Waals surface area contributed by atoms with Crippen molar-refractivity contribution < 1.29 is 21.6 Å². The van der Waals surface area contributed by atoms with Crippen molar-refractivity contribution in [1.29, 1.82) is 5.26 Å². The summed E-state index contributed by atoms with van der Waals surface area (Å²) in [5.74, 6) is 0. The SMILES string of the molecule is N#Cc1[nH]ccc1S(=O)(=O)C(F)(F)F. The van der Waals surface area contributed by atoms with Gasteiger partial charge in [0, 0.05) is 6.20 Å². The number of nitrogens with one attached hydrogen (secondary N) is 1. The fraction of sp³-hybridized carbons (Fsp3) is 0.167. The molecule has 0 aliphatic rings. The van der Waals surface area contributed by atoms with E-state index in [1.807, 2.05) is 0 Å². The third kappa shape index (κ3) is 1.46. The van der Waals surface area contributed by atoms with Gasteiger partial charge in [0.05, 0.1) is 0 Å². The van der Waals surface area contributed by atoms with Gasteiger partial charge in [-0.1, -0.05) is 0 Å². The quantitative estimate of drug-likeness (QED) is 0.778. The summed E-state index contributed by atoms with van der Waals surface area (Å²) in [4.78, 5) is 1.04. The average Bonchev–Trinajstić information content (AvgIpc) is 2.49. The minimum absolute atomic E-state index is 0.623. The molecule has 0 aromatic carbocycles. The van der Waals surface area contributed by atoms with E-state index >= 15 is 0 Å². The van der Waals surface area contributed by atoms with Gasteiger partial charge in [0.15, 0.2) is 0 Å². The zero-order valence-electron chi connectivity index (χ0n) is 6.46. The molecule has 0 aliphatic heterocycles. The molecule has 8 heteroatoms. The number of nitriles is 1. The Morgan fingerprint density at radius 1 is 1.43 bits per heavy atom. The highest BCUT2D eigenvalue weighted by atomic mass is 32.2. The Morgan fingerprint density at radius 2 is 2.00 bits per heavy atom. The molecule has 1 aromatic heterocycles. The molecule has 0 bridgehead atoms. The summed E-state index contributed by atoms with van der Waals surface area (Å²) in [5, 5.41) is 8.32. The van der Waals surface area contributed by atoms with Crippen LogP contribution in [0.3, 0.4) is 0 Å². The Labute approximate surface area is 76.9 Å². The van der Waals surface area contributed by atoms with Gasteiger partial charge in [0.1, 0.15) is 16.7 Å². The zero-order chi connectivity index (χ0) is 11.0. The molecule has 0 saturated carbocycles. The Kier molecular flexibility index (Phi) is 2.29. The second kappa shape index (κ2) is 3.02. The van der Waals surface area contributed by atoms with Crippen LogP contribution in [0.1, 0.15) is 5.69 Å². The number of halogens is 3. The number of alkyl halides is 3. The topological polar surface area (TPSA) is 73.7 Å². The molecule has 0 atom stereocenters. The predicted molar refractivity (Wildman–Crippen MR) is 38.7 cm³/mol. The Hall–Kier alpha value is -1.49. The van der Waals surface area contributed by atoms with Crippen LogP contribution in [0.5, 0.6) is 0 Å². The molecule has 0 saturated heterocycles. The molecule has 4 nitrogen and oxygen atoms in total. The maximum atomic E-state index is 12.0. The highest BCUT2D eigenvalue weighted by molar-refractivity contribution is 7.92. The van der Waals surface area contributed by atoms with Crippen LogP contribution in [-0.4, -0.2) is 18.9 Å². The molecule has 1 aromatic rings. The van der Waals surface area contributed by atoms with Crippen molar-refractivity contribution in [1.82, 2.24) is 4.98 Å². The molecule has 76 valence electrons. The molecule has 0 fully saturated rings. The van der Waals surface area contributed by atoms with Gasteiger partial charge >= 0.3 is 5.51 Å². The molecule has 1 heterocycles. The molecular weight excluding hydrogens is 221 g/mol. The lowest BCUT2D eigenvalue weighted by Crippen LogP contribution is -2.23. The lowest BCUT2D eigenvalue weighted by molar-refractivity contribution is -0.0436. The van der Waals surface area contributed by atoms with Crippen LogP contribution in [0.15, 0.2) is 17.2 Å². The lowest BCUT2D eigenvalue weighted by Gasteiger charge is -2.05. The van der Waals surface area contributed by atoms with Crippen molar-refractivity contribution in [2.24, 2.45) is 0 Å². The van der Waals surface area contributed by atoms with Crippen LogP contribution in [0.25, 0.3) is 0 Å². The highest BCUT2D eigenvalue weighted by Gasteiger charge is 2.48. The summed E-state index contributed by atoms with van der Waals surface area (Å²) in [7, 11) is -5.43. The van der Waals surface area contributed by atoms with E-state index in [2.05, 4.69) is 4.98 Å². The standard InChI is InChI=1S/C6H3F3N2O2S/c7-6(8,9)14(12,13)5-1-2-11-4(5)3-10/h1-2,11H. The summed E-state index contributed by atoms with van der Waals surface area (Å²) < 4.78 is 57.6. The first kappa shape index (κ1) is 10.6.